The summed E-state index contributed by atoms with van der Waals surface area (Å²) in [5.74, 6) is -0.654. The van der Waals surface area contributed by atoms with Gasteiger partial charge in [-0.25, -0.2) is 9.97 Å². The zero-order valence-corrected chi connectivity index (χ0v) is 13.0. The zero-order chi connectivity index (χ0) is 16.7. The Morgan fingerprint density at radius 3 is 2.48 bits per heavy atom. The minimum absolute atomic E-state index is 0.0593. The summed E-state index contributed by atoms with van der Waals surface area (Å²) in [4.78, 5) is 32.3. The van der Waals surface area contributed by atoms with Crippen LogP contribution in [0.1, 0.15) is 26.4 Å². The first-order chi connectivity index (χ1) is 11.1. The van der Waals surface area contributed by atoms with Crippen LogP contribution in [0, 0.1) is 6.92 Å². The van der Waals surface area contributed by atoms with Crippen LogP contribution in [0.3, 0.4) is 0 Å². The van der Waals surface area contributed by atoms with E-state index in [-0.39, 0.29) is 17.4 Å². The van der Waals surface area contributed by atoms with E-state index in [1.807, 2.05) is 19.1 Å². The van der Waals surface area contributed by atoms with Crippen molar-refractivity contribution in [2.45, 2.75) is 6.92 Å². The predicted molar refractivity (Wildman–Crippen MR) is 85.4 cm³/mol. The Hall–Kier alpha value is -2.80. The third-order valence-electron chi connectivity index (χ3n) is 3.05. The topological polar surface area (TPSA) is 93.2 Å². The first kappa shape index (κ1) is 16.6. The summed E-state index contributed by atoms with van der Waals surface area (Å²) >= 11 is 0. The maximum Gasteiger partial charge on any atom is 0.273 e. The number of methoxy groups -OCH3 is 1. The van der Waals surface area contributed by atoms with Gasteiger partial charge in [-0.3, -0.25) is 9.59 Å². The van der Waals surface area contributed by atoms with Crippen LogP contribution >= 0.6 is 0 Å². The number of anilines is 1. The predicted octanol–water partition coefficient (Wildman–Crippen LogP) is 1.41. The smallest absolute Gasteiger partial charge is 0.273 e. The summed E-state index contributed by atoms with van der Waals surface area (Å²) in [6, 6.07) is 7.09. The molecule has 1 heterocycles. The minimum Gasteiger partial charge on any atom is -0.383 e. The molecule has 0 aliphatic rings. The summed E-state index contributed by atoms with van der Waals surface area (Å²) in [7, 11) is 1.54. The third-order valence-corrected chi connectivity index (χ3v) is 3.05. The Balaban J connectivity index is 2.12. The summed E-state index contributed by atoms with van der Waals surface area (Å²) in [5.41, 5.74) is 1.59. The van der Waals surface area contributed by atoms with Crippen LogP contribution in [0.2, 0.25) is 0 Å². The van der Waals surface area contributed by atoms with Crippen LogP contribution in [0.5, 0.6) is 0 Å². The fraction of sp³-hybridized carbons (Fsp3) is 0.250. The molecular formula is C16H18N4O3. The normalized spacial score (nSPS) is 10.2. The van der Waals surface area contributed by atoms with E-state index in [1.54, 1.807) is 19.2 Å². The summed E-state index contributed by atoms with van der Waals surface area (Å²) in [6.07, 6.45) is 2.81. The third kappa shape index (κ3) is 4.58. The number of nitrogens with one attached hydrogen (secondary N) is 2. The van der Waals surface area contributed by atoms with Crippen molar-refractivity contribution in [3.8, 4) is 0 Å². The van der Waals surface area contributed by atoms with E-state index in [2.05, 4.69) is 20.6 Å². The molecule has 0 bridgehead atoms. The van der Waals surface area contributed by atoms with Gasteiger partial charge >= 0.3 is 0 Å². The monoisotopic (exact) mass is 314 g/mol. The Morgan fingerprint density at radius 1 is 1.09 bits per heavy atom. The summed E-state index contributed by atoms with van der Waals surface area (Å²) < 4.78 is 4.87. The molecule has 2 amide bonds. The molecule has 1 aromatic heterocycles. The molecule has 2 aromatic rings. The van der Waals surface area contributed by atoms with Crippen LogP contribution in [-0.2, 0) is 4.74 Å². The minimum atomic E-state index is -0.422. The lowest BCUT2D eigenvalue weighted by Gasteiger charge is -2.09. The molecular weight excluding hydrogens is 296 g/mol. The van der Waals surface area contributed by atoms with Crippen molar-refractivity contribution in [3.05, 3.63) is 53.5 Å². The van der Waals surface area contributed by atoms with Crippen molar-refractivity contribution < 1.29 is 14.3 Å². The molecule has 0 aliphatic heterocycles. The molecule has 0 saturated heterocycles. The molecule has 0 atom stereocenters. The van der Waals surface area contributed by atoms with Gasteiger partial charge in [0.25, 0.3) is 11.8 Å². The number of ether oxygens (including phenoxy) is 1. The molecule has 23 heavy (non-hydrogen) atoms. The molecule has 0 saturated carbocycles. The molecule has 7 heteroatoms. The maximum atomic E-state index is 12.2. The first-order valence-corrected chi connectivity index (χ1v) is 7.08. The lowest BCUT2D eigenvalue weighted by molar-refractivity contribution is 0.0932. The number of hydrogen-bond donors (Lipinski definition) is 2. The van der Waals surface area contributed by atoms with E-state index < -0.39 is 5.91 Å². The van der Waals surface area contributed by atoms with E-state index in [4.69, 9.17) is 4.74 Å². The molecule has 2 N–H and O–H groups in total. The van der Waals surface area contributed by atoms with Crippen LogP contribution in [-0.4, -0.2) is 42.0 Å². The van der Waals surface area contributed by atoms with Crippen LogP contribution < -0.4 is 10.6 Å². The molecule has 2 rings (SSSR count). The number of benzene rings is 1. The highest BCUT2D eigenvalue weighted by Crippen LogP contribution is 2.11. The molecule has 0 fully saturated rings. The standard InChI is InChI=1S/C16H18N4O3/c1-11-3-5-12(6-4-11)15(21)20-14-13(17-7-8-18-14)16(22)19-9-10-23-2/h3-8H,9-10H2,1-2H3,(H,19,22)(H,18,20,21). The molecule has 0 radical (unpaired) electrons. The van der Waals surface area contributed by atoms with Gasteiger partial charge in [0.1, 0.15) is 0 Å². The highest BCUT2D eigenvalue weighted by atomic mass is 16.5. The number of aromatic nitrogens is 2. The highest BCUT2D eigenvalue weighted by Gasteiger charge is 2.16. The number of rotatable bonds is 6. The molecule has 0 spiro atoms. The average molecular weight is 314 g/mol. The van der Waals surface area contributed by atoms with Gasteiger partial charge < -0.3 is 15.4 Å². The first-order valence-electron chi connectivity index (χ1n) is 7.08. The maximum absolute atomic E-state index is 12.2. The van der Waals surface area contributed by atoms with E-state index in [1.165, 1.54) is 12.4 Å². The molecule has 120 valence electrons. The largest absolute Gasteiger partial charge is 0.383 e. The molecule has 1 aromatic carbocycles. The zero-order valence-electron chi connectivity index (χ0n) is 13.0. The number of carbonyl (C=O) groups is 2. The van der Waals surface area contributed by atoms with Crippen LogP contribution in [0.25, 0.3) is 0 Å². The molecule has 0 unspecified atom stereocenters. The lowest BCUT2D eigenvalue weighted by Crippen LogP contribution is -2.29. The Labute approximate surface area is 134 Å². The summed E-state index contributed by atoms with van der Waals surface area (Å²) in [5, 5.41) is 5.26. The van der Waals surface area contributed by atoms with Crippen molar-refractivity contribution in [3.63, 3.8) is 0 Å². The Bertz CT molecular complexity index is 686. The molecule has 0 aliphatic carbocycles. The van der Waals surface area contributed by atoms with Gasteiger partial charge in [-0.1, -0.05) is 17.7 Å². The van der Waals surface area contributed by atoms with Crippen molar-refractivity contribution in [2.75, 3.05) is 25.6 Å². The second-order valence-corrected chi connectivity index (χ2v) is 4.82. The van der Waals surface area contributed by atoms with E-state index in [0.717, 1.165) is 5.56 Å². The lowest BCUT2D eigenvalue weighted by atomic mass is 10.1. The number of amides is 2. The fourth-order valence-corrected chi connectivity index (χ4v) is 1.83. The van der Waals surface area contributed by atoms with Crippen molar-refractivity contribution in [1.29, 1.82) is 0 Å². The van der Waals surface area contributed by atoms with Crippen LogP contribution in [0.4, 0.5) is 5.82 Å². The average Bonchev–Trinajstić information content (AvgIpc) is 2.56. The Morgan fingerprint density at radius 2 is 1.78 bits per heavy atom. The number of nitrogens with zero attached hydrogens (tertiary/aromatic N) is 2. The van der Waals surface area contributed by atoms with Gasteiger partial charge in [-0.2, -0.15) is 0 Å². The van der Waals surface area contributed by atoms with Crippen molar-refractivity contribution in [2.24, 2.45) is 0 Å². The number of aryl methyl sites for hydroxylation is 1. The van der Waals surface area contributed by atoms with Gasteiger partial charge in [0.15, 0.2) is 11.5 Å². The SMILES string of the molecule is COCCNC(=O)c1nccnc1NC(=O)c1ccc(C)cc1. The summed E-state index contributed by atoms with van der Waals surface area (Å²) in [6.45, 7) is 2.67. The number of hydrogen-bond acceptors (Lipinski definition) is 5. The highest BCUT2D eigenvalue weighted by molar-refractivity contribution is 6.07. The van der Waals surface area contributed by atoms with E-state index in [0.29, 0.717) is 18.7 Å². The van der Waals surface area contributed by atoms with Gasteiger partial charge in [-0.05, 0) is 19.1 Å². The number of carbonyl (C=O) groups excluding carboxylic acids is 2. The van der Waals surface area contributed by atoms with Crippen LogP contribution in [0.15, 0.2) is 36.7 Å². The molecule has 7 nitrogen and oxygen atoms in total. The van der Waals surface area contributed by atoms with E-state index >= 15 is 0 Å². The fourth-order valence-electron chi connectivity index (χ4n) is 1.83. The van der Waals surface area contributed by atoms with Gasteiger partial charge in [0.2, 0.25) is 0 Å². The van der Waals surface area contributed by atoms with Crippen molar-refractivity contribution >= 4 is 17.6 Å². The van der Waals surface area contributed by atoms with Crippen molar-refractivity contribution in [1.82, 2.24) is 15.3 Å². The van der Waals surface area contributed by atoms with Gasteiger partial charge in [-0.15, -0.1) is 0 Å². The van der Waals surface area contributed by atoms with E-state index in [9.17, 15) is 9.59 Å². The Kier molecular flexibility index (Phi) is 5.76. The van der Waals surface area contributed by atoms with Gasteiger partial charge in [0.05, 0.1) is 6.61 Å². The van der Waals surface area contributed by atoms with Gasteiger partial charge in [0, 0.05) is 31.6 Å². The second-order valence-electron chi connectivity index (χ2n) is 4.82. The quantitative estimate of drug-likeness (QED) is 0.786. The second kappa shape index (κ2) is 8.00.